The Bertz CT molecular complexity index is 593. The topological polar surface area (TPSA) is 79.2 Å². The summed E-state index contributed by atoms with van der Waals surface area (Å²) in [7, 11) is 1.82. The highest BCUT2D eigenvalue weighted by molar-refractivity contribution is 5.73. The zero-order valence-corrected chi connectivity index (χ0v) is 12.2. The van der Waals surface area contributed by atoms with E-state index >= 15 is 0 Å². The number of aromatic nitrogens is 2. The zero-order chi connectivity index (χ0) is 15.3. The van der Waals surface area contributed by atoms with Gasteiger partial charge < -0.3 is 15.7 Å². The summed E-state index contributed by atoms with van der Waals surface area (Å²) in [5.74, 6) is 0. The Labute approximate surface area is 123 Å². The summed E-state index contributed by atoms with van der Waals surface area (Å²) in [5.41, 5.74) is 0.576. The second-order valence-corrected chi connectivity index (χ2v) is 5.20. The second kappa shape index (κ2) is 6.41. The first-order chi connectivity index (χ1) is 9.97. The number of aryl methyl sites for hydroxylation is 1. The molecular formula is C15H20N4O2. The minimum Gasteiger partial charge on any atom is -0.384 e. The number of amides is 2. The number of carbonyl (C=O) groups excluding carboxylic acids is 1. The Morgan fingerprint density at radius 2 is 2.05 bits per heavy atom. The van der Waals surface area contributed by atoms with E-state index in [1.54, 1.807) is 17.8 Å². The van der Waals surface area contributed by atoms with Crippen molar-refractivity contribution in [3.05, 3.63) is 53.9 Å². The smallest absolute Gasteiger partial charge is 0.315 e. The van der Waals surface area contributed by atoms with Crippen molar-refractivity contribution in [1.29, 1.82) is 0 Å². The van der Waals surface area contributed by atoms with E-state index in [-0.39, 0.29) is 12.6 Å². The highest BCUT2D eigenvalue weighted by Crippen LogP contribution is 2.18. The van der Waals surface area contributed by atoms with Crippen LogP contribution in [-0.2, 0) is 19.2 Å². The molecule has 1 heterocycles. The maximum Gasteiger partial charge on any atom is 0.315 e. The van der Waals surface area contributed by atoms with Gasteiger partial charge in [-0.05, 0) is 12.5 Å². The third-order valence-electron chi connectivity index (χ3n) is 3.20. The summed E-state index contributed by atoms with van der Waals surface area (Å²) in [6, 6.07) is 8.92. The van der Waals surface area contributed by atoms with Crippen LogP contribution in [0.4, 0.5) is 4.79 Å². The molecule has 1 atom stereocenters. The number of nitrogens with one attached hydrogen (secondary N) is 2. The number of urea groups is 1. The molecule has 0 spiro atoms. The zero-order valence-electron chi connectivity index (χ0n) is 12.2. The molecule has 0 fully saturated rings. The number of nitrogens with zero attached hydrogens (tertiary/aromatic N) is 2. The van der Waals surface area contributed by atoms with Crippen LogP contribution in [0.3, 0.4) is 0 Å². The average Bonchev–Trinajstić information content (AvgIpc) is 2.90. The van der Waals surface area contributed by atoms with Gasteiger partial charge in [-0.3, -0.25) is 4.68 Å². The Balaban J connectivity index is 1.80. The summed E-state index contributed by atoms with van der Waals surface area (Å²) in [4.78, 5) is 11.7. The van der Waals surface area contributed by atoms with Crippen LogP contribution < -0.4 is 10.6 Å². The van der Waals surface area contributed by atoms with Gasteiger partial charge in [-0.25, -0.2) is 4.79 Å². The third-order valence-corrected chi connectivity index (χ3v) is 3.20. The molecule has 6 heteroatoms. The fourth-order valence-electron chi connectivity index (χ4n) is 1.96. The number of hydrogen-bond donors (Lipinski definition) is 3. The molecule has 0 aliphatic carbocycles. The fourth-order valence-corrected chi connectivity index (χ4v) is 1.96. The number of benzene rings is 1. The van der Waals surface area contributed by atoms with E-state index in [0.717, 1.165) is 11.1 Å². The normalized spacial score (nSPS) is 13.5. The van der Waals surface area contributed by atoms with Crippen LogP contribution in [0.1, 0.15) is 18.1 Å². The molecule has 6 nitrogen and oxygen atoms in total. The van der Waals surface area contributed by atoms with Crippen molar-refractivity contribution in [3.8, 4) is 0 Å². The van der Waals surface area contributed by atoms with Gasteiger partial charge in [0.05, 0.1) is 12.7 Å². The lowest BCUT2D eigenvalue weighted by Crippen LogP contribution is -2.43. The van der Waals surface area contributed by atoms with E-state index in [1.807, 2.05) is 43.6 Å². The molecule has 0 radical (unpaired) electrons. The van der Waals surface area contributed by atoms with Crippen LogP contribution in [0.5, 0.6) is 0 Å². The minimum absolute atomic E-state index is 0.135. The van der Waals surface area contributed by atoms with Gasteiger partial charge in [0.1, 0.15) is 5.60 Å². The molecule has 1 aromatic carbocycles. The third kappa shape index (κ3) is 4.32. The summed E-state index contributed by atoms with van der Waals surface area (Å²) >= 11 is 0. The molecule has 21 heavy (non-hydrogen) atoms. The van der Waals surface area contributed by atoms with Crippen molar-refractivity contribution in [2.24, 2.45) is 7.05 Å². The Kier molecular flexibility index (Phi) is 4.59. The molecule has 0 aliphatic rings. The van der Waals surface area contributed by atoms with Crippen molar-refractivity contribution >= 4 is 6.03 Å². The van der Waals surface area contributed by atoms with Crippen LogP contribution in [-0.4, -0.2) is 27.5 Å². The maximum absolute atomic E-state index is 11.7. The molecule has 112 valence electrons. The van der Waals surface area contributed by atoms with E-state index in [0.29, 0.717) is 6.54 Å². The molecule has 2 amide bonds. The predicted molar refractivity (Wildman–Crippen MR) is 79.5 cm³/mol. The number of aliphatic hydroxyl groups is 1. The molecule has 2 aromatic rings. The monoisotopic (exact) mass is 288 g/mol. The molecule has 0 bridgehead atoms. The highest BCUT2D eigenvalue weighted by Gasteiger charge is 2.23. The van der Waals surface area contributed by atoms with Gasteiger partial charge >= 0.3 is 6.03 Å². The SMILES string of the molecule is Cn1cc(CNC(=O)NCC(C)(O)c2ccccc2)cn1. The standard InChI is InChI=1S/C15H20N4O2/c1-15(21,13-6-4-3-5-7-13)11-17-14(20)16-8-12-9-18-19(2)10-12/h3-7,9-10,21H,8,11H2,1-2H3,(H2,16,17,20). The van der Waals surface area contributed by atoms with Gasteiger partial charge in [0.15, 0.2) is 0 Å². The molecule has 0 aliphatic heterocycles. The average molecular weight is 288 g/mol. The summed E-state index contributed by atoms with van der Waals surface area (Å²) in [5, 5.41) is 19.8. The van der Waals surface area contributed by atoms with Crippen molar-refractivity contribution in [3.63, 3.8) is 0 Å². The van der Waals surface area contributed by atoms with E-state index in [4.69, 9.17) is 0 Å². The van der Waals surface area contributed by atoms with Crippen molar-refractivity contribution in [2.75, 3.05) is 6.54 Å². The maximum atomic E-state index is 11.7. The van der Waals surface area contributed by atoms with Crippen molar-refractivity contribution in [2.45, 2.75) is 19.1 Å². The summed E-state index contributed by atoms with van der Waals surface area (Å²) in [6.07, 6.45) is 3.53. The lowest BCUT2D eigenvalue weighted by molar-refractivity contribution is 0.0594. The van der Waals surface area contributed by atoms with E-state index < -0.39 is 5.60 Å². The Hall–Kier alpha value is -2.34. The molecule has 1 unspecified atom stereocenters. The number of rotatable bonds is 5. The van der Waals surface area contributed by atoms with E-state index in [9.17, 15) is 9.90 Å². The first kappa shape index (κ1) is 15.1. The van der Waals surface area contributed by atoms with E-state index in [1.165, 1.54) is 0 Å². The van der Waals surface area contributed by atoms with Gasteiger partial charge in [-0.1, -0.05) is 30.3 Å². The van der Waals surface area contributed by atoms with Crippen molar-refractivity contribution in [1.82, 2.24) is 20.4 Å². The van der Waals surface area contributed by atoms with Gasteiger partial charge in [0, 0.05) is 25.4 Å². The van der Waals surface area contributed by atoms with Crippen LogP contribution in [0.2, 0.25) is 0 Å². The lowest BCUT2D eigenvalue weighted by atomic mass is 9.96. The van der Waals surface area contributed by atoms with Gasteiger partial charge in [0.25, 0.3) is 0 Å². The van der Waals surface area contributed by atoms with Gasteiger partial charge in [-0.2, -0.15) is 5.10 Å². The van der Waals surface area contributed by atoms with Crippen LogP contribution in [0.25, 0.3) is 0 Å². The quantitative estimate of drug-likeness (QED) is 0.771. The molecule has 2 rings (SSSR count). The molecular weight excluding hydrogens is 268 g/mol. The van der Waals surface area contributed by atoms with Gasteiger partial charge in [0.2, 0.25) is 0 Å². The van der Waals surface area contributed by atoms with Crippen LogP contribution in [0, 0.1) is 0 Å². The highest BCUT2D eigenvalue weighted by atomic mass is 16.3. The Morgan fingerprint density at radius 3 is 2.67 bits per heavy atom. The van der Waals surface area contributed by atoms with E-state index in [2.05, 4.69) is 15.7 Å². The minimum atomic E-state index is -1.10. The molecule has 0 saturated heterocycles. The van der Waals surface area contributed by atoms with Gasteiger partial charge in [-0.15, -0.1) is 0 Å². The second-order valence-electron chi connectivity index (χ2n) is 5.20. The largest absolute Gasteiger partial charge is 0.384 e. The molecule has 3 N–H and O–H groups in total. The van der Waals surface area contributed by atoms with Crippen molar-refractivity contribution < 1.29 is 9.90 Å². The van der Waals surface area contributed by atoms with Crippen LogP contribution in [0.15, 0.2) is 42.7 Å². The predicted octanol–water partition coefficient (Wildman–Crippen LogP) is 1.13. The lowest BCUT2D eigenvalue weighted by Gasteiger charge is -2.24. The Morgan fingerprint density at radius 1 is 1.33 bits per heavy atom. The van der Waals surface area contributed by atoms with Crippen LogP contribution >= 0.6 is 0 Å². The summed E-state index contributed by atoms with van der Waals surface area (Å²) < 4.78 is 1.68. The first-order valence-corrected chi connectivity index (χ1v) is 6.74. The summed E-state index contributed by atoms with van der Waals surface area (Å²) in [6.45, 7) is 2.20. The first-order valence-electron chi connectivity index (χ1n) is 6.74. The molecule has 1 aromatic heterocycles. The number of carbonyl (C=O) groups is 1. The fraction of sp³-hybridized carbons (Fsp3) is 0.333. The number of hydrogen-bond acceptors (Lipinski definition) is 3. The molecule has 0 saturated carbocycles.